The highest BCUT2D eigenvalue weighted by Crippen LogP contribution is 2.39. The number of aromatic nitrogens is 2. The van der Waals surface area contributed by atoms with Gasteiger partial charge in [0.15, 0.2) is 12.3 Å². The minimum Gasteiger partial charge on any atom is -0.451 e. The van der Waals surface area contributed by atoms with Crippen LogP contribution in [0.15, 0.2) is 36.4 Å². The molecule has 0 N–H and O–H groups in total. The number of carbonyl (C=O) groups is 2. The predicted octanol–water partition coefficient (Wildman–Crippen LogP) is 3.41. The molecule has 2 aliphatic rings. The molecule has 4 rings (SSSR count). The van der Waals surface area contributed by atoms with Crippen molar-refractivity contribution < 1.29 is 14.3 Å². The van der Waals surface area contributed by atoms with Crippen molar-refractivity contribution in [3.63, 3.8) is 0 Å². The molecule has 1 saturated carbocycles. The summed E-state index contributed by atoms with van der Waals surface area (Å²) in [4.78, 5) is 27.1. The zero-order chi connectivity index (χ0) is 19.7. The molecule has 6 heteroatoms. The number of benzene rings is 1. The number of ether oxygens (including phenoxy) is 1. The number of hydrogen-bond acceptors (Lipinski definition) is 4. The van der Waals surface area contributed by atoms with Crippen LogP contribution in [0.2, 0.25) is 0 Å². The fourth-order valence-corrected chi connectivity index (χ4v) is 4.05. The number of rotatable bonds is 5. The van der Waals surface area contributed by atoms with Gasteiger partial charge in [0.1, 0.15) is 0 Å². The largest absolute Gasteiger partial charge is 0.451 e. The molecule has 0 spiro atoms. The fourth-order valence-electron chi connectivity index (χ4n) is 4.05. The number of esters is 1. The van der Waals surface area contributed by atoms with Crippen molar-refractivity contribution in [3.8, 4) is 5.69 Å². The van der Waals surface area contributed by atoms with Gasteiger partial charge < -0.3 is 9.64 Å². The van der Waals surface area contributed by atoms with Gasteiger partial charge in [-0.15, -0.1) is 0 Å². The zero-order valence-electron chi connectivity index (χ0n) is 16.5. The van der Waals surface area contributed by atoms with Crippen LogP contribution in [0.4, 0.5) is 0 Å². The van der Waals surface area contributed by atoms with E-state index in [4.69, 9.17) is 4.74 Å². The van der Waals surface area contributed by atoms with Crippen molar-refractivity contribution >= 4 is 11.9 Å². The summed E-state index contributed by atoms with van der Waals surface area (Å²) in [5.41, 5.74) is 2.11. The van der Waals surface area contributed by atoms with Crippen LogP contribution in [0.1, 0.15) is 55.2 Å². The second-order valence-corrected chi connectivity index (χ2v) is 8.30. The predicted molar refractivity (Wildman–Crippen MR) is 105 cm³/mol. The highest BCUT2D eigenvalue weighted by atomic mass is 16.5. The molecule has 1 aliphatic heterocycles. The Morgan fingerprint density at radius 1 is 1.11 bits per heavy atom. The smallest absolute Gasteiger partial charge is 0.357 e. The van der Waals surface area contributed by atoms with Gasteiger partial charge in [0.2, 0.25) is 0 Å². The Labute approximate surface area is 165 Å². The minimum absolute atomic E-state index is 0.125. The third-order valence-corrected chi connectivity index (χ3v) is 5.48. The maximum atomic E-state index is 12.8. The number of likely N-dealkylation sites (tertiary alicyclic amines) is 1. The van der Waals surface area contributed by atoms with Gasteiger partial charge in [-0.25, -0.2) is 9.48 Å². The molecular weight excluding hydrogens is 354 g/mol. The van der Waals surface area contributed by atoms with Crippen molar-refractivity contribution in [2.24, 2.45) is 11.8 Å². The third kappa shape index (κ3) is 4.11. The molecule has 1 aromatic heterocycles. The summed E-state index contributed by atoms with van der Waals surface area (Å²) in [7, 11) is 0. The van der Waals surface area contributed by atoms with E-state index < -0.39 is 5.97 Å². The highest BCUT2D eigenvalue weighted by Gasteiger charge is 2.30. The van der Waals surface area contributed by atoms with E-state index in [0.717, 1.165) is 43.7 Å². The second-order valence-electron chi connectivity index (χ2n) is 8.30. The first-order valence-electron chi connectivity index (χ1n) is 10.1. The van der Waals surface area contributed by atoms with Crippen LogP contribution < -0.4 is 0 Å². The number of piperidine rings is 1. The number of para-hydroxylation sites is 1. The third-order valence-electron chi connectivity index (χ3n) is 5.48. The van der Waals surface area contributed by atoms with Crippen LogP contribution in [0.5, 0.6) is 0 Å². The Bertz CT molecular complexity index is 847. The van der Waals surface area contributed by atoms with E-state index in [-0.39, 0.29) is 12.5 Å². The van der Waals surface area contributed by atoms with Crippen LogP contribution in [0.3, 0.4) is 0 Å². The van der Waals surface area contributed by atoms with E-state index >= 15 is 0 Å². The number of nitrogens with zero attached hydrogens (tertiary/aromatic N) is 3. The minimum atomic E-state index is -0.505. The van der Waals surface area contributed by atoms with Crippen LogP contribution in [-0.4, -0.2) is 46.3 Å². The summed E-state index contributed by atoms with van der Waals surface area (Å²) in [6.07, 6.45) is 3.33. The standard InChI is InChI=1S/C22H27N3O3/c1-15-10-16(2)13-24(12-15)21(26)14-28-22(27)20-11-19(17-8-9-17)23-25(20)18-6-4-3-5-7-18/h3-7,11,15-17H,8-10,12-14H2,1-2H3/t15-,16+. The molecule has 28 heavy (non-hydrogen) atoms. The van der Waals surface area contributed by atoms with E-state index in [9.17, 15) is 9.59 Å². The van der Waals surface area contributed by atoms with Gasteiger partial charge in [0, 0.05) is 19.0 Å². The number of amides is 1. The van der Waals surface area contributed by atoms with Crippen molar-refractivity contribution in [3.05, 3.63) is 47.8 Å². The van der Waals surface area contributed by atoms with Crippen molar-refractivity contribution in [1.29, 1.82) is 0 Å². The van der Waals surface area contributed by atoms with Crippen molar-refractivity contribution in [1.82, 2.24) is 14.7 Å². The molecule has 6 nitrogen and oxygen atoms in total. The van der Waals surface area contributed by atoms with E-state index in [0.29, 0.717) is 23.4 Å². The molecule has 2 aromatic rings. The lowest BCUT2D eigenvalue weighted by Gasteiger charge is -2.34. The summed E-state index contributed by atoms with van der Waals surface area (Å²) in [6, 6.07) is 11.4. The molecule has 1 aliphatic carbocycles. The Balaban J connectivity index is 1.46. The van der Waals surface area contributed by atoms with Crippen molar-refractivity contribution in [2.45, 2.75) is 39.0 Å². The highest BCUT2D eigenvalue weighted by molar-refractivity contribution is 5.90. The molecule has 0 radical (unpaired) electrons. The lowest BCUT2D eigenvalue weighted by molar-refractivity contribution is -0.137. The summed E-state index contributed by atoms with van der Waals surface area (Å²) < 4.78 is 7.03. The summed E-state index contributed by atoms with van der Waals surface area (Å²) in [5.74, 6) is 0.747. The molecule has 148 valence electrons. The second kappa shape index (κ2) is 7.78. The normalized spacial score (nSPS) is 22.1. The van der Waals surface area contributed by atoms with Gasteiger partial charge in [0.05, 0.1) is 11.4 Å². The molecule has 1 aromatic carbocycles. The SMILES string of the molecule is C[C@@H]1C[C@H](C)CN(C(=O)COC(=O)c2cc(C3CC3)nn2-c2ccccc2)C1. The topological polar surface area (TPSA) is 64.4 Å². The van der Waals surface area contributed by atoms with Crippen LogP contribution in [-0.2, 0) is 9.53 Å². The summed E-state index contributed by atoms with van der Waals surface area (Å²) in [5, 5.41) is 4.62. The first kappa shape index (κ1) is 18.7. The Kier molecular flexibility index (Phi) is 5.20. The average Bonchev–Trinajstić information content (AvgIpc) is 3.44. The molecule has 0 bridgehead atoms. The van der Waals surface area contributed by atoms with E-state index in [1.807, 2.05) is 41.3 Å². The van der Waals surface area contributed by atoms with Crippen LogP contribution in [0.25, 0.3) is 5.69 Å². The first-order chi connectivity index (χ1) is 13.5. The molecule has 1 saturated heterocycles. The maximum Gasteiger partial charge on any atom is 0.357 e. The lowest BCUT2D eigenvalue weighted by atomic mass is 9.92. The summed E-state index contributed by atoms with van der Waals surface area (Å²) in [6.45, 7) is 5.54. The van der Waals surface area contributed by atoms with Gasteiger partial charge in [-0.1, -0.05) is 32.0 Å². The number of carbonyl (C=O) groups excluding carboxylic acids is 2. The van der Waals surface area contributed by atoms with Crippen LogP contribution >= 0.6 is 0 Å². The molecular formula is C22H27N3O3. The Hall–Kier alpha value is -2.63. The van der Waals surface area contributed by atoms with Gasteiger partial charge in [-0.2, -0.15) is 5.10 Å². The Morgan fingerprint density at radius 3 is 2.43 bits per heavy atom. The Morgan fingerprint density at radius 2 is 1.79 bits per heavy atom. The fraction of sp³-hybridized carbons (Fsp3) is 0.500. The van der Waals surface area contributed by atoms with Gasteiger partial charge in [-0.3, -0.25) is 4.79 Å². The average molecular weight is 381 g/mol. The first-order valence-corrected chi connectivity index (χ1v) is 10.1. The van der Waals surface area contributed by atoms with E-state index in [1.54, 1.807) is 4.68 Å². The summed E-state index contributed by atoms with van der Waals surface area (Å²) >= 11 is 0. The van der Waals surface area contributed by atoms with E-state index in [1.165, 1.54) is 0 Å². The maximum absolute atomic E-state index is 12.8. The zero-order valence-corrected chi connectivity index (χ0v) is 16.5. The number of hydrogen-bond donors (Lipinski definition) is 0. The van der Waals surface area contributed by atoms with Crippen LogP contribution in [0, 0.1) is 11.8 Å². The van der Waals surface area contributed by atoms with Gasteiger partial charge in [-0.05, 0) is 49.3 Å². The van der Waals surface area contributed by atoms with E-state index in [2.05, 4.69) is 18.9 Å². The molecule has 2 fully saturated rings. The quantitative estimate of drug-likeness (QED) is 0.745. The molecule has 1 amide bonds. The molecule has 2 atom stereocenters. The van der Waals surface area contributed by atoms with Gasteiger partial charge >= 0.3 is 5.97 Å². The van der Waals surface area contributed by atoms with Crippen molar-refractivity contribution in [2.75, 3.05) is 19.7 Å². The monoisotopic (exact) mass is 381 g/mol. The molecule has 2 heterocycles. The van der Waals surface area contributed by atoms with Gasteiger partial charge in [0.25, 0.3) is 5.91 Å². The lowest BCUT2D eigenvalue weighted by Crippen LogP contribution is -2.44. The molecule has 0 unspecified atom stereocenters.